The molecule has 23 heavy (non-hydrogen) atoms. The summed E-state index contributed by atoms with van der Waals surface area (Å²) in [6.45, 7) is 7.97. The van der Waals surface area contributed by atoms with E-state index in [1.807, 2.05) is 27.7 Å². The molecule has 0 spiro atoms. The third-order valence-corrected chi connectivity index (χ3v) is 10.1. The second-order valence-corrected chi connectivity index (χ2v) is 11.4. The zero-order chi connectivity index (χ0) is 17.7. The number of hydrogen-bond donors (Lipinski definition) is 0. The van der Waals surface area contributed by atoms with Crippen molar-refractivity contribution in [3.05, 3.63) is 5.53 Å². The lowest BCUT2D eigenvalue weighted by molar-refractivity contribution is -0.137. The Morgan fingerprint density at radius 3 is 2.09 bits per heavy atom. The summed E-state index contributed by atoms with van der Waals surface area (Å²) in [6, 6.07) is 0. The molecule has 1 saturated carbocycles. The van der Waals surface area contributed by atoms with Crippen molar-refractivity contribution in [3.63, 3.8) is 0 Å². The summed E-state index contributed by atoms with van der Waals surface area (Å²) in [5.74, 6) is 2.21. The van der Waals surface area contributed by atoms with E-state index < -0.39 is 19.9 Å². The molecule has 0 saturated heterocycles. The normalized spacial score (nSPS) is 17.5. The van der Waals surface area contributed by atoms with Gasteiger partial charge in [0.2, 0.25) is 0 Å². The molecule has 0 aromatic rings. The van der Waals surface area contributed by atoms with Crippen LogP contribution in [0.4, 0.5) is 0 Å². The quantitative estimate of drug-likeness (QED) is 0.186. The third-order valence-electron chi connectivity index (χ3n) is 4.85. The average Bonchev–Trinajstić information content (AvgIpc) is 2.54. The Balaban J connectivity index is 3.43. The van der Waals surface area contributed by atoms with Crippen molar-refractivity contribution in [2.24, 2.45) is 0 Å². The average molecular weight is 337 g/mol. The van der Waals surface area contributed by atoms with Gasteiger partial charge in [-0.15, -0.1) is 6.42 Å². The molecular formula is C17H28N2O3Si. The minimum absolute atomic E-state index is 0.0136. The van der Waals surface area contributed by atoms with E-state index in [9.17, 15) is 10.3 Å². The lowest BCUT2D eigenvalue weighted by atomic mass is 9.86. The maximum absolute atomic E-state index is 12.2. The second-order valence-electron chi connectivity index (χ2n) is 6.84. The smallest absolute Gasteiger partial charge is 0.413 e. The van der Waals surface area contributed by atoms with Gasteiger partial charge in [0.25, 0.3) is 0 Å². The number of nitrogens with zero attached hydrogens (tertiary/aromatic N) is 2. The van der Waals surface area contributed by atoms with E-state index in [1.54, 1.807) is 0 Å². The summed E-state index contributed by atoms with van der Waals surface area (Å²) in [4.78, 5) is 15.5. The Bertz CT molecular complexity index is 516. The van der Waals surface area contributed by atoms with E-state index in [1.165, 1.54) is 7.11 Å². The molecule has 0 heterocycles. The van der Waals surface area contributed by atoms with Crippen LogP contribution >= 0.6 is 0 Å². The summed E-state index contributed by atoms with van der Waals surface area (Å²) < 4.78 is 11.5. The number of carbonyl (C=O) groups is 1. The molecule has 6 heteroatoms. The van der Waals surface area contributed by atoms with Crippen LogP contribution in [-0.2, 0) is 14.0 Å². The number of hydrogen-bond acceptors (Lipinski definition) is 3. The molecule has 1 aliphatic rings. The minimum atomic E-state index is -2.96. The van der Waals surface area contributed by atoms with Crippen LogP contribution < -0.4 is 0 Å². The van der Waals surface area contributed by atoms with Gasteiger partial charge >= 0.3 is 19.6 Å². The van der Waals surface area contributed by atoms with Gasteiger partial charge in [-0.25, -0.2) is 4.79 Å². The highest BCUT2D eigenvalue weighted by molar-refractivity contribution is 7.11. The van der Waals surface area contributed by atoms with Crippen molar-refractivity contribution >= 4 is 19.6 Å². The lowest BCUT2D eigenvalue weighted by Crippen LogP contribution is -2.61. The minimum Gasteiger partial charge on any atom is -0.461 e. The number of methoxy groups -OCH3 is 1. The van der Waals surface area contributed by atoms with Crippen molar-refractivity contribution in [3.8, 4) is 12.3 Å². The summed E-state index contributed by atoms with van der Waals surface area (Å²) in [7, 11) is -1.68. The topological polar surface area (TPSA) is 71.9 Å². The van der Waals surface area contributed by atoms with Gasteiger partial charge in [-0.2, -0.15) is 4.79 Å². The van der Waals surface area contributed by atoms with Gasteiger partial charge in [-0.1, -0.05) is 40.0 Å². The summed E-state index contributed by atoms with van der Waals surface area (Å²) >= 11 is 0. The Kier molecular flexibility index (Phi) is 6.76. The number of esters is 1. The number of rotatable bonds is 6. The van der Waals surface area contributed by atoms with Crippen molar-refractivity contribution < 1.29 is 18.7 Å². The number of terminal acetylenes is 1. The van der Waals surface area contributed by atoms with E-state index in [4.69, 9.17) is 15.6 Å². The van der Waals surface area contributed by atoms with E-state index in [2.05, 4.69) is 10.7 Å². The Morgan fingerprint density at radius 1 is 1.22 bits per heavy atom. The van der Waals surface area contributed by atoms with Crippen LogP contribution in [0.5, 0.6) is 0 Å². The van der Waals surface area contributed by atoms with Crippen LogP contribution in [0.2, 0.25) is 11.1 Å². The fraction of sp³-hybridized carbons (Fsp3) is 0.765. The molecule has 0 bridgehead atoms. The molecule has 1 aliphatic carbocycles. The molecular weight excluding hydrogens is 308 g/mol. The van der Waals surface area contributed by atoms with Crippen LogP contribution in [0.25, 0.3) is 5.53 Å². The molecule has 0 N–H and O–H groups in total. The first kappa shape index (κ1) is 19.6. The van der Waals surface area contributed by atoms with Crippen molar-refractivity contribution in [1.82, 2.24) is 0 Å². The highest BCUT2D eigenvalue weighted by Gasteiger charge is 2.61. The molecule has 128 valence electrons. The van der Waals surface area contributed by atoms with Gasteiger partial charge in [0.15, 0.2) is 0 Å². The zero-order valence-electron chi connectivity index (χ0n) is 14.9. The van der Waals surface area contributed by atoms with E-state index >= 15 is 0 Å². The molecule has 5 nitrogen and oxygen atoms in total. The van der Waals surface area contributed by atoms with Gasteiger partial charge in [0.05, 0.1) is 7.11 Å². The largest absolute Gasteiger partial charge is 0.461 e. The molecule has 0 amide bonds. The van der Waals surface area contributed by atoms with Gasteiger partial charge in [-0.05, 0) is 36.8 Å². The fourth-order valence-electron chi connectivity index (χ4n) is 3.59. The first-order chi connectivity index (χ1) is 10.8. The van der Waals surface area contributed by atoms with Gasteiger partial charge in [-0.3, -0.25) is 0 Å². The van der Waals surface area contributed by atoms with Gasteiger partial charge in [0.1, 0.15) is 5.60 Å². The summed E-state index contributed by atoms with van der Waals surface area (Å²) in [5, 5.41) is 0.0187. The Hall–Kier alpha value is -1.41. The molecule has 0 atom stereocenters. The molecule has 0 unspecified atom stereocenters. The Labute approximate surface area is 140 Å². The predicted octanol–water partition coefficient (Wildman–Crippen LogP) is 3.49. The van der Waals surface area contributed by atoms with Crippen LogP contribution in [0, 0.1) is 12.3 Å². The maximum atomic E-state index is 12.2. The van der Waals surface area contributed by atoms with Crippen molar-refractivity contribution in [2.45, 2.75) is 76.5 Å². The highest BCUT2D eigenvalue weighted by Crippen LogP contribution is 2.42. The predicted molar refractivity (Wildman–Crippen MR) is 92.3 cm³/mol. The van der Waals surface area contributed by atoms with Crippen molar-refractivity contribution in [2.75, 3.05) is 7.11 Å². The highest BCUT2D eigenvalue weighted by atomic mass is 28.4. The lowest BCUT2D eigenvalue weighted by Gasteiger charge is -2.43. The SMILES string of the molecule is C#CC1(O[Si](C(=[N+]=[N-])C(=O)OC)(C(C)C)C(C)C)CCCCC1. The van der Waals surface area contributed by atoms with Crippen LogP contribution in [0.1, 0.15) is 59.8 Å². The van der Waals surface area contributed by atoms with E-state index in [0.717, 1.165) is 32.1 Å². The summed E-state index contributed by atoms with van der Waals surface area (Å²) in [6.07, 6.45) is 10.5. The monoisotopic (exact) mass is 336 g/mol. The number of carbonyl (C=O) groups excluding carboxylic acids is 1. The maximum Gasteiger partial charge on any atom is 0.413 e. The molecule has 0 radical (unpaired) electrons. The standard InChI is InChI=1S/C17H28N2O3Si/c1-7-17(11-9-8-10-12-17)22-23(13(2)3,14(4)5)15(19-18)16(20)21-6/h1,13-14H,8-12H2,2-6H3. The van der Waals surface area contributed by atoms with Gasteiger partial charge < -0.3 is 14.7 Å². The number of ether oxygens (including phenoxy) is 1. The van der Waals surface area contributed by atoms with E-state index in [-0.39, 0.29) is 16.4 Å². The van der Waals surface area contributed by atoms with E-state index in [0.29, 0.717) is 0 Å². The molecule has 1 fully saturated rings. The molecule has 1 rings (SSSR count). The molecule has 0 aromatic heterocycles. The van der Waals surface area contributed by atoms with Crippen LogP contribution in [-0.4, -0.2) is 37.1 Å². The first-order valence-electron chi connectivity index (χ1n) is 8.28. The molecule has 0 aliphatic heterocycles. The molecule has 0 aromatic carbocycles. The Morgan fingerprint density at radius 2 is 1.74 bits per heavy atom. The summed E-state index contributed by atoms with van der Waals surface area (Å²) in [5.41, 5.74) is 8.89. The second kappa shape index (κ2) is 7.92. The van der Waals surface area contributed by atoms with Gasteiger partial charge in [0, 0.05) is 0 Å². The van der Waals surface area contributed by atoms with Crippen molar-refractivity contribution in [1.29, 1.82) is 0 Å². The zero-order valence-corrected chi connectivity index (χ0v) is 15.9. The first-order valence-corrected chi connectivity index (χ1v) is 10.3. The van der Waals surface area contributed by atoms with Crippen LogP contribution in [0.15, 0.2) is 0 Å². The fourth-order valence-corrected chi connectivity index (χ4v) is 8.08. The van der Waals surface area contributed by atoms with Crippen LogP contribution in [0.3, 0.4) is 0 Å². The third kappa shape index (κ3) is 3.74.